The van der Waals surface area contributed by atoms with Crippen LogP contribution in [0.25, 0.3) is 0 Å². The van der Waals surface area contributed by atoms with Gasteiger partial charge in [-0.1, -0.05) is 125 Å². The Hall–Kier alpha value is -1.38. The van der Waals surface area contributed by atoms with Crippen LogP contribution in [0.3, 0.4) is 0 Å². The number of azo groups is 1. The largest absolute Gasteiger partial charge is 0.184 e. The van der Waals surface area contributed by atoms with Gasteiger partial charge in [-0.15, -0.1) is 0 Å². The second-order valence-electron chi connectivity index (χ2n) is 8.68. The van der Waals surface area contributed by atoms with Crippen LogP contribution >= 0.6 is 23.2 Å². The molecule has 2 unspecified atom stereocenters. The molecule has 0 aliphatic heterocycles. The number of alkyl halides is 2. The van der Waals surface area contributed by atoms with E-state index in [0.717, 1.165) is 11.1 Å². The van der Waals surface area contributed by atoms with Crippen LogP contribution in [0, 0.1) is 10.8 Å². The van der Waals surface area contributed by atoms with E-state index in [0.29, 0.717) is 0 Å². The van der Waals surface area contributed by atoms with Crippen molar-refractivity contribution in [2.45, 2.75) is 51.5 Å². The minimum atomic E-state index is -1.02. The Bertz CT molecular complexity index is 680. The molecule has 0 saturated heterocycles. The molecule has 2 atom stereocenters. The van der Waals surface area contributed by atoms with E-state index in [2.05, 4.69) is 51.8 Å². The van der Waals surface area contributed by atoms with E-state index < -0.39 is 10.00 Å². The van der Waals surface area contributed by atoms with Crippen LogP contribution in [0.15, 0.2) is 70.9 Å². The molecule has 0 fully saturated rings. The van der Waals surface area contributed by atoms with Crippen molar-refractivity contribution in [3.63, 3.8) is 0 Å². The Labute approximate surface area is 167 Å². The number of hydrogen-bond donors (Lipinski definition) is 0. The van der Waals surface area contributed by atoms with E-state index in [4.69, 9.17) is 23.2 Å². The second-order valence-corrected chi connectivity index (χ2v) is 9.77. The van der Waals surface area contributed by atoms with Gasteiger partial charge >= 0.3 is 0 Å². The lowest BCUT2D eigenvalue weighted by Crippen LogP contribution is -2.36. The number of halogens is 2. The lowest BCUT2D eigenvalue weighted by Gasteiger charge is -2.39. The Balaban J connectivity index is 2.60. The molecule has 4 heteroatoms. The second kappa shape index (κ2) is 7.32. The molecule has 140 valence electrons. The lowest BCUT2D eigenvalue weighted by molar-refractivity contribution is 0.234. The van der Waals surface area contributed by atoms with Crippen molar-refractivity contribution in [2.75, 3.05) is 0 Å². The fraction of sp³-hybridized carbons (Fsp3) is 0.455. The summed E-state index contributed by atoms with van der Waals surface area (Å²) < 4.78 is 0. The van der Waals surface area contributed by atoms with Gasteiger partial charge in [0.15, 0.2) is 10.00 Å². The van der Waals surface area contributed by atoms with E-state index in [1.54, 1.807) is 0 Å². The molecule has 26 heavy (non-hydrogen) atoms. The molecule has 0 aromatic heterocycles. The highest BCUT2D eigenvalue weighted by Gasteiger charge is 2.46. The van der Waals surface area contributed by atoms with Gasteiger partial charge in [-0.25, -0.2) is 0 Å². The van der Waals surface area contributed by atoms with Gasteiger partial charge < -0.3 is 0 Å². The third-order valence-electron chi connectivity index (χ3n) is 4.63. The quantitative estimate of drug-likeness (QED) is 0.290. The predicted molar refractivity (Wildman–Crippen MR) is 112 cm³/mol. The first kappa shape index (κ1) is 20.9. The predicted octanol–water partition coefficient (Wildman–Crippen LogP) is 7.71. The molecule has 0 radical (unpaired) electrons. The molecule has 0 saturated carbocycles. The molecular formula is C22H28Cl2N2. The minimum absolute atomic E-state index is 0.355. The normalized spacial score (nSPS) is 17.7. The lowest BCUT2D eigenvalue weighted by atomic mass is 9.81. The summed E-state index contributed by atoms with van der Waals surface area (Å²) >= 11 is 14.1. The average Bonchev–Trinajstić information content (AvgIpc) is 2.59. The van der Waals surface area contributed by atoms with Crippen molar-refractivity contribution in [1.82, 2.24) is 0 Å². The minimum Gasteiger partial charge on any atom is -0.163 e. The van der Waals surface area contributed by atoms with E-state index in [9.17, 15) is 0 Å². The van der Waals surface area contributed by atoms with E-state index in [1.807, 2.05) is 60.7 Å². The van der Waals surface area contributed by atoms with Gasteiger partial charge in [0.1, 0.15) is 0 Å². The first-order valence-corrected chi connectivity index (χ1v) is 9.60. The highest BCUT2D eigenvalue weighted by molar-refractivity contribution is 6.25. The zero-order valence-corrected chi connectivity index (χ0v) is 17.9. The molecule has 0 N–H and O–H groups in total. The maximum atomic E-state index is 7.07. The van der Waals surface area contributed by atoms with Crippen LogP contribution in [0.4, 0.5) is 0 Å². The van der Waals surface area contributed by atoms with Crippen LogP contribution in [0.5, 0.6) is 0 Å². The van der Waals surface area contributed by atoms with Crippen molar-refractivity contribution in [1.29, 1.82) is 0 Å². The summed E-state index contributed by atoms with van der Waals surface area (Å²) in [5.74, 6) is 0. The molecule has 2 aromatic carbocycles. The Kier molecular flexibility index (Phi) is 5.90. The third kappa shape index (κ3) is 3.97. The molecule has 2 aromatic rings. The van der Waals surface area contributed by atoms with Crippen molar-refractivity contribution >= 4 is 23.2 Å². The van der Waals surface area contributed by atoms with Gasteiger partial charge in [0.25, 0.3) is 0 Å². The number of hydrogen-bond acceptors (Lipinski definition) is 2. The fourth-order valence-corrected chi connectivity index (χ4v) is 3.06. The molecule has 0 aliphatic carbocycles. The number of benzene rings is 2. The average molecular weight is 391 g/mol. The molecule has 2 nitrogen and oxygen atoms in total. The zero-order valence-electron chi connectivity index (χ0n) is 16.4. The summed E-state index contributed by atoms with van der Waals surface area (Å²) in [6.45, 7) is 12.3. The first-order valence-electron chi connectivity index (χ1n) is 8.85. The van der Waals surface area contributed by atoms with Crippen LogP contribution < -0.4 is 0 Å². The van der Waals surface area contributed by atoms with Gasteiger partial charge in [-0.2, -0.15) is 10.2 Å². The SMILES string of the molecule is CC(C)(C)C(Cl)(/N=N/C(Cl)(c1ccccc1)C(C)(C)C)c1ccccc1. The zero-order chi connectivity index (χ0) is 19.6. The smallest absolute Gasteiger partial charge is 0.163 e. The van der Waals surface area contributed by atoms with Crippen LogP contribution in [0.2, 0.25) is 0 Å². The van der Waals surface area contributed by atoms with E-state index >= 15 is 0 Å². The van der Waals surface area contributed by atoms with E-state index in [1.165, 1.54) is 0 Å². The molecule has 0 amide bonds. The summed E-state index contributed by atoms with van der Waals surface area (Å²) in [5.41, 5.74) is 1.09. The standard InChI is InChI=1S/C22H28Cl2N2/c1-19(2,3)21(23,17-13-9-7-10-14-17)25-26-22(24,20(4,5)6)18-15-11-8-12-16-18/h7-16H,1-6H3/b26-25+. The first-order chi connectivity index (χ1) is 11.9. The van der Waals surface area contributed by atoms with Crippen molar-refractivity contribution in [3.8, 4) is 0 Å². The maximum Gasteiger partial charge on any atom is 0.184 e. The number of nitrogens with zero attached hydrogens (tertiary/aromatic N) is 2. The highest BCUT2D eigenvalue weighted by atomic mass is 35.5. The summed E-state index contributed by atoms with van der Waals surface area (Å²) in [6, 6.07) is 19.7. The van der Waals surface area contributed by atoms with Crippen LogP contribution in [-0.4, -0.2) is 0 Å². The third-order valence-corrected chi connectivity index (χ3v) is 6.35. The van der Waals surface area contributed by atoms with Crippen molar-refractivity contribution in [2.24, 2.45) is 21.1 Å². The molecule has 0 aliphatic rings. The summed E-state index contributed by atoms with van der Waals surface area (Å²) in [6.07, 6.45) is 0. The van der Waals surface area contributed by atoms with E-state index in [-0.39, 0.29) is 10.8 Å². The van der Waals surface area contributed by atoms with Crippen molar-refractivity contribution in [3.05, 3.63) is 71.8 Å². The molecule has 0 bridgehead atoms. The molecular weight excluding hydrogens is 363 g/mol. The number of rotatable bonds is 4. The van der Waals surface area contributed by atoms with Gasteiger partial charge in [0, 0.05) is 10.8 Å². The maximum absolute atomic E-state index is 7.07. The summed E-state index contributed by atoms with van der Waals surface area (Å²) in [5, 5.41) is 9.34. The fourth-order valence-electron chi connectivity index (χ4n) is 2.74. The van der Waals surface area contributed by atoms with Crippen LogP contribution in [0.1, 0.15) is 52.7 Å². The van der Waals surface area contributed by atoms with Gasteiger partial charge in [-0.3, -0.25) is 0 Å². The summed E-state index contributed by atoms with van der Waals surface area (Å²) in [4.78, 5) is -2.04. The molecule has 0 heterocycles. The van der Waals surface area contributed by atoms with Gasteiger partial charge in [0.05, 0.1) is 0 Å². The summed E-state index contributed by atoms with van der Waals surface area (Å²) in [7, 11) is 0. The van der Waals surface area contributed by atoms with Crippen LogP contribution in [-0.2, 0) is 10.00 Å². The van der Waals surface area contributed by atoms with Gasteiger partial charge in [0.2, 0.25) is 0 Å². The Morgan fingerprint density at radius 2 is 0.808 bits per heavy atom. The topological polar surface area (TPSA) is 24.7 Å². The highest BCUT2D eigenvalue weighted by Crippen LogP contribution is 2.51. The van der Waals surface area contributed by atoms with Crippen molar-refractivity contribution < 1.29 is 0 Å². The van der Waals surface area contributed by atoms with Gasteiger partial charge in [-0.05, 0) is 11.1 Å². The molecule has 2 rings (SSSR count). The molecule has 0 spiro atoms. The monoisotopic (exact) mass is 390 g/mol. The Morgan fingerprint density at radius 3 is 1.04 bits per heavy atom. The Morgan fingerprint density at radius 1 is 0.538 bits per heavy atom.